The van der Waals surface area contributed by atoms with Crippen LogP contribution in [0.15, 0.2) is 24.8 Å². The highest BCUT2D eigenvalue weighted by atomic mass is 27.2. The molecule has 0 nitrogen and oxygen atoms in total. The molecule has 0 spiro atoms. The van der Waals surface area contributed by atoms with E-state index in [0.29, 0.717) is 0 Å². The van der Waals surface area contributed by atoms with Crippen molar-refractivity contribution in [1.82, 2.24) is 0 Å². The lowest BCUT2D eigenvalue weighted by molar-refractivity contribution is 0.659. The fourth-order valence-electron chi connectivity index (χ4n) is 2.29. The van der Waals surface area contributed by atoms with E-state index in [9.17, 15) is 0 Å². The largest absolute Gasteiger partial charge is 0.262 e. The second-order valence-electron chi connectivity index (χ2n) is 6.81. The smallest absolute Gasteiger partial charge is 0.0988 e. The van der Waals surface area contributed by atoms with Crippen molar-refractivity contribution in [3.05, 3.63) is 24.8 Å². The molecule has 0 aliphatic carbocycles. The molecule has 0 aromatic rings. The molecule has 0 aromatic heterocycles. The van der Waals surface area contributed by atoms with Gasteiger partial charge in [0.15, 0.2) is 0 Å². The Kier molecular flexibility index (Phi) is 13.6. The van der Waals surface area contributed by atoms with Crippen LogP contribution in [-0.2, 0) is 0 Å². The molecule has 0 saturated carbocycles. The summed E-state index contributed by atoms with van der Waals surface area (Å²) in [5, 5.41) is 4.66. The molecule has 0 heterocycles. The van der Waals surface area contributed by atoms with Gasteiger partial charge in [-0.05, 0) is 6.92 Å². The van der Waals surface area contributed by atoms with Crippen LogP contribution in [0.4, 0.5) is 0 Å². The van der Waals surface area contributed by atoms with Crippen molar-refractivity contribution in [2.75, 3.05) is 0 Å². The van der Waals surface area contributed by atoms with E-state index in [1.807, 2.05) is 6.92 Å². The van der Waals surface area contributed by atoms with E-state index >= 15 is 0 Å². The number of hydrogen-bond donors (Lipinski definition) is 0. The number of rotatable bonds is 7. The Morgan fingerprint density at radius 3 is 1.22 bits per heavy atom. The highest BCUT2D eigenvalue weighted by molar-refractivity contribution is 6.58. The van der Waals surface area contributed by atoms with Crippen molar-refractivity contribution in [2.45, 2.75) is 64.3 Å². The summed E-state index contributed by atoms with van der Waals surface area (Å²) in [7, 11) is 0. The van der Waals surface area contributed by atoms with E-state index in [1.54, 1.807) is 21.9 Å². The monoisotopic (exact) mass is 266 g/mol. The van der Waals surface area contributed by atoms with Crippen molar-refractivity contribution in [2.24, 2.45) is 17.8 Å². The Morgan fingerprint density at radius 2 is 1.11 bits per heavy atom. The lowest BCUT2D eigenvalue weighted by atomic mass is 10.2. The maximum Gasteiger partial charge on any atom is 0.262 e. The fourth-order valence-corrected chi connectivity index (χ4v) is 6.87. The van der Waals surface area contributed by atoms with Crippen molar-refractivity contribution >= 4 is 14.1 Å². The van der Waals surface area contributed by atoms with E-state index in [2.05, 4.69) is 54.7 Å². The minimum atomic E-state index is -0.407. The van der Waals surface area contributed by atoms with Gasteiger partial charge in [0.1, 0.15) is 0 Å². The molecule has 0 aliphatic heterocycles. The van der Waals surface area contributed by atoms with E-state index in [-0.39, 0.29) is 0 Å². The van der Waals surface area contributed by atoms with Crippen LogP contribution in [-0.4, -0.2) is 14.1 Å². The maximum atomic E-state index is 3.56. The SMILES string of the molecule is C=CC(=C)C.CC(C)[CH2][Al]([CH2]C(C)C)[CH2]C(C)C. The van der Waals surface area contributed by atoms with Gasteiger partial charge in [-0.15, -0.1) is 0 Å². The zero-order valence-electron chi connectivity index (χ0n) is 13.9. The van der Waals surface area contributed by atoms with Gasteiger partial charge in [-0.1, -0.05) is 100.0 Å². The van der Waals surface area contributed by atoms with Gasteiger partial charge >= 0.3 is 0 Å². The van der Waals surface area contributed by atoms with Gasteiger partial charge in [0, 0.05) is 0 Å². The van der Waals surface area contributed by atoms with Crippen LogP contribution < -0.4 is 0 Å². The van der Waals surface area contributed by atoms with Crippen molar-refractivity contribution < 1.29 is 0 Å². The number of hydrogen-bond acceptors (Lipinski definition) is 0. The van der Waals surface area contributed by atoms with E-state index in [1.165, 1.54) is 0 Å². The number of allylic oxidation sites excluding steroid dienone is 2. The first kappa shape index (κ1) is 20.3. The lowest BCUT2D eigenvalue weighted by Crippen LogP contribution is -2.19. The second-order valence-corrected chi connectivity index (χ2v) is 9.95. The van der Waals surface area contributed by atoms with Gasteiger partial charge in [-0.2, -0.15) is 0 Å². The lowest BCUT2D eigenvalue weighted by Gasteiger charge is -2.17. The molecule has 0 fully saturated rings. The highest BCUT2D eigenvalue weighted by Gasteiger charge is 2.20. The molecular weight excluding hydrogens is 231 g/mol. The predicted molar refractivity (Wildman–Crippen MR) is 89.7 cm³/mol. The third kappa shape index (κ3) is 18.4. The summed E-state index contributed by atoms with van der Waals surface area (Å²) in [4.78, 5) is 0. The van der Waals surface area contributed by atoms with Crippen LogP contribution in [0, 0.1) is 17.8 Å². The Bertz CT molecular complexity index is 190. The van der Waals surface area contributed by atoms with Crippen LogP contribution in [0.25, 0.3) is 0 Å². The molecular formula is C17H35Al. The van der Waals surface area contributed by atoms with Crippen LogP contribution >= 0.6 is 0 Å². The molecule has 0 amide bonds. The molecule has 0 radical (unpaired) electrons. The Labute approximate surface area is 121 Å². The zero-order chi connectivity index (χ0) is 14.7. The first-order valence-corrected chi connectivity index (χ1v) is 9.91. The Hall–Kier alpha value is 0.0125. The molecule has 0 rings (SSSR count). The van der Waals surface area contributed by atoms with E-state index < -0.39 is 14.1 Å². The molecule has 106 valence electrons. The van der Waals surface area contributed by atoms with Gasteiger partial charge in [0.25, 0.3) is 14.1 Å². The van der Waals surface area contributed by atoms with Gasteiger partial charge in [0.05, 0.1) is 0 Å². The van der Waals surface area contributed by atoms with Crippen LogP contribution in [0.5, 0.6) is 0 Å². The molecule has 0 N–H and O–H groups in total. The fraction of sp³-hybridized carbons (Fsp3) is 0.765. The summed E-state index contributed by atoms with van der Waals surface area (Å²) in [5.74, 6) is 2.78. The first-order chi connectivity index (χ1) is 8.18. The quantitative estimate of drug-likeness (QED) is 0.380. The van der Waals surface area contributed by atoms with Gasteiger partial charge < -0.3 is 0 Å². The summed E-state index contributed by atoms with van der Waals surface area (Å²) >= 11 is -0.407. The molecule has 0 aliphatic rings. The average Bonchev–Trinajstić information content (AvgIpc) is 2.14. The second kappa shape index (κ2) is 12.1. The first-order valence-electron chi connectivity index (χ1n) is 7.46. The van der Waals surface area contributed by atoms with Gasteiger partial charge in [-0.25, -0.2) is 0 Å². The Morgan fingerprint density at radius 1 is 0.889 bits per heavy atom. The molecule has 0 aromatic carbocycles. The Balaban J connectivity index is 0. The molecule has 1 heteroatoms. The third-order valence-electron chi connectivity index (χ3n) is 2.76. The summed E-state index contributed by atoms with van der Waals surface area (Å²) in [6.07, 6.45) is 1.72. The van der Waals surface area contributed by atoms with E-state index in [0.717, 1.165) is 23.3 Å². The van der Waals surface area contributed by atoms with Crippen LogP contribution in [0.1, 0.15) is 48.5 Å². The molecule has 0 saturated heterocycles. The topological polar surface area (TPSA) is 0 Å². The van der Waals surface area contributed by atoms with E-state index in [4.69, 9.17) is 0 Å². The molecule has 0 bridgehead atoms. The minimum absolute atomic E-state index is 0.407. The normalized spacial score (nSPS) is 10.3. The minimum Gasteiger partial charge on any atom is -0.0988 e. The molecule has 0 unspecified atom stereocenters. The summed E-state index contributed by atoms with van der Waals surface area (Å²) in [6.45, 7) is 23.2. The molecule has 18 heavy (non-hydrogen) atoms. The summed E-state index contributed by atoms with van der Waals surface area (Å²) in [5.41, 5.74) is 1.02. The van der Waals surface area contributed by atoms with Gasteiger partial charge in [0.2, 0.25) is 0 Å². The standard InChI is InChI=1S/C5H8.3C4H9.Al/c1-4-5(2)3;3*1-4(2)3;/h4H,1-2H2,3H3;3*4H,1H2,2-3H3;. The van der Waals surface area contributed by atoms with Crippen LogP contribution in [0.2, 0.25) is 15.8 Å². The van der Waals surface area contributed by atoms with Crippen molar-refractivity contribution in [3.63, 3.8) is 0 Å². The highest BCUT2D eigenvalue weighted by Crippen LogP contribution is 2.20. The zero-order valence-corrected chi connectivity index (χ0v) is 15.1. The molecule has 0 atom stereocenters. The third-order valence-corrected chi connectivity index (χ3v) is 7.59. The maximum absolute atomic E-state index is 3.56. The summed E-state index contributed by atoms with van der Waals surface area (Å²) < 4.78 is 0. The van der Waals surface area contributed by atoms with Crippen LogP contribution in [0.3, 0.4) is 0 Å². The van der Waals surface area contributed by atoms with Crippen molar-refractivity contribution in [3.8, 4) is 0 Å². The van der Waals surface area contributed by atoms with Crippen molar-refractivity contribution in [1.29, 1.82) is 0 Å². The van der Waals surface area contributed by atoms with Gasteiger partial charge in [-0.3, -0.25) is 0 Å². The predicted octanol–water partition coefficient (Wildman–Crippen LogP) is 6.20. The average molecular weight is 266 g/mol. The summed E-state index contributed by atoms with van der Waals surface area (Å²) in [6, 6.07) is 0.